The molecule has 0 radical (unpaired) electrons. The minimum absolute atomic E-state index is 0. The maximum absolute atomic E-state index is 13.0. The Morgan fingerprint density at radius 2 is 2.14 bits per heavy atom. The topological polar surface area (TPSA) is 27.6 Å². The molecular weight excluding hydrogens is 404 g/mol. The quantitative estimate of drug-likeness (QED) is 0.423. The van der Waals surface area contributed by atoms with Gasteiger partial charge in [0, 0.05) is 32.2 Å². The van der Waals surface area contributed by atoms with E-state index in [-0.39, 0.29) is 29.8 Å². The fourth-order valence-corrected chi connectivity index (χ4v) is 2.18. The second-order valence-electron chi connectivity index (χ2n) is 4.73. The highest BCUT2D eigenvalue weighted by Crippen LogP contribution is 2.17. The third-order valence-corrected chi connectivity index (χ3v) is 3.46. The SMILES string of the molecule is CCCCN(C)C(=NC)NCCc1ccc(F)cc1Cl.I. The van der Waals surface area contributed by atoms with Crippen LogP contribution < -0.4 is 5.32 Å². The van der Waals surface area contributed by atoms with E-state index in [0.717, 1.165) is 37.3 Å². The lowest BCUT2D eigenvalue weighted by Crippen LogP contribution is -2.40. The highest BCUT2D eigenvalue weighted by Gasteiger charge is 2.06. The Morgan fingerprint density at radius 1 is 1.43 bits per heavy atom. The predicted molar refractivity (Wildman–Crippen MR) is 99.4 cm³/mol. The van der Waals surface area contributed by atoms with Gasteiger partial charge in [0.05, 0.1) is 0 Å². The van der Waals surface area contributed by atoms with Crippen molar-refractivity contribution in [1.29, 1.82) is 0 Å². The average molecular weight is 428 g/mol. The molecule has 1 N–H and O–H groups in total. The lowest BCUT2D eigenvalue weighted by molar-refractivity contribution is 0.465. The molecule has 120 valence electrons. The van der Waals surface area contributed by atoms with Crippen molar-refractivity contribution in [3.05, 3.63) is 34.6 Å². The van der Waals surface area contributed by atoms with E-state index >= 15 is 0 Å². The summed E-state index contributed by atoms with van der Waals surface area (Å²) in [7, 11) is 3.80. The van der Waals surface area contributed by atoms with Crippen molar-refractivity contribution in [2.75, 3.05) is 27.2 Å². The molecular formula is C15H24ClFIN3. The lowest BCUT2D eigenvalue weighted by Gasteiger charge is -2.21. The molecule has 0 unspecified atom stereocenters. The zero-order chi connectivity index (χ0) is 15.0. The number of aliphatic imine (C=N–C) groups is 1. The summed E-state index contributed by atoms with van der Waals surface area (Å²) in [6.07, 6.45) is 3.03. The minimum Gasteiger partial charge on any atom is -0.356 e. The second-order valence-corrected chi connectivity index (χ2v) is 5.14. The first-order valence-electron chi connectivity index (χ1n) is 6.94. The normalized spacial score (nSPS) is 11.0. The Bertz CT molecular complexity index is 455. The fourth-order valence-electron chi connectivity index (χ4n) is 1.92. The molecule has 0 amide bonds. The van der Waals surface area contributed by atoms with Gasteiger partial charge in [-0.1, -0.05) is 31.0 Å². The van der Waals surface area contributed by atoms with Crippen LogP contribution in [-0.2, 0) is 6.42 Å². The van der Waals surface area contributed by atoms with E-state index in [4.69, 9.17) is 11.6 Å². The molecule has 0 fully saturated rings. The average Bonchev–Trinajstić information content (AvgIpc) is 2.43. The van der Waals surface area contributed by atoms with Gasteiger partial charge in [-0.25, -0.2) is 4.39 Å². The van der Waals surface area contributed by atoms with E-state index in [1.54, 1.807) is 13.1 Å². The first kappa shape index (κ1) is 20.4. The first-order chi connectivity index (χ1) is 9.58. The van der Waals surface area contributed by atoms with Crippen LogP contribution in [0, 0.1) is 5.82 Å². The molecule has 0 saturated heterocycles. The van der Waals surface area contributed by atoms with Crippen LogP contribution in [0.5, 0.6) is 0 Å². The Kier molecular flexibility index (Phi) is 10.8. The number of rotatable bonds is 6. The van der Waals surface area contributed by atoms with E-state index in [2.05, 4.69) is 22.1 Å². The number of benzene rings is 1. The van der Waals surface area contributed by atoms with Crippen molar-refractivity contribution < 1.29 is 4.39 Å². The van der Waals surface area contributed by atoms with Crippen LogP contribution in [0.1, 0.15) is 25.3 Å². The lowest BCUT2D eigenvalue weighted by atomic mass is 10.1. The molecule has 1 aromatic carbocycles. The molecule has 6 heteroatoms. The van der Waals surface area contributed by atoms with Gasteiger partial charge in [-0.2, -0.15) is 0 Å². The van der Waals surface area contributed by atoms with E-state index < -0.39 is 0 Å². The maximum atomic E-state index is 13.0. The van der Waals surface area contributed by atoms with Crippen LogP contribution in [0.15, 0.2) is 23.2 Å². The van der Waals surface area contributed by atoms with E-state index in [0.29, 0.717) is 11.6 Å². The van der Waals surface area contributed by atoms with Gasteiger partial charge in [0.2, 0.25) is 0 Å². The molecule has 0 aliphatic rings. The number of nitrogens with one attached hydrogen (secondary N) is 1. The first-order valence-corrected chi connectivity index (χ1v) is 7.32. The van der Waals surface area contributed by atoms with Crippen LogP contribution in [0.4, 0.5) is 4.39 Å². The molecule has 0 aliphatic heterocycles. The van der Waals surface area contributed by atoms with Gasteiger partial charge in [-0.3, -0.25) is 4.99 Å². The van der Waals surface area contributed by atoms with Gasteiger partial charge in [0.15, 0.2) is 5.96 Å². The number of hydrogen-bond acceptors (Lipinski definition) is 1. The van der Waals surface area contributed by atoms with Crippen LogP contribution >= 0.6 is 35.6 Å². The monoisotopic (exact) mass is 427 g/mol. The molecule has 0 spiro atoms. The summed E-state index contributed by atoms with van der Waals surface area (Å²) in [6.45, 7) is 3.86. The predicted octanol–water partition coefficient (Wildman–Crippen LogP) is 3.95. The van der Waals surface area contributed by atoms with Gasteiger partial charge < -0.3 is 10.2 Å². The summed E-state index contributed by atoms with van der Waals surface area (Å²) in [6, 6.07) is 4.51. The molecule has 0 aromatic heterocycles. The van der Waals surface area contributed by atoms with Crippen LogP contribution in [0.25, 0.3) is 0 Å². The van der Waals surface area contributed by atoms with Gasteiger partial charge in [0.25, 0.3) is 0 Å². The van der Waals surface area contributed by atoms with E-state index in [1.807, 2.05) is 7.05 Å². The van der Waals surface area contributed by atoms with Crippen molar-refractivity contribution in [3.8, 4) is 0 Å². The van der Waals surface area contributed by atoms with Gasteiger partial charge >= 0.3 is 0 Å². The number of hydrogen-bond donors (Lipinski definition) is 1. The Labute approximate surface area is 149 Å². The van der Waals surface area contributed by atoms with Crippen LogP contribution in [0.2, 0.25) is 5.02 Å². The third-order valence-electron chi connectivity index (χ3n) is 3.11. The molecule has 1 rings (SSSR count). The molecule has 0 bridgehead atoms. The van der Waals surface area contributed by atoms with Crippen molar-refractivity contribution >= 4 is 41.5 Å². The Hall–Kier alpha value is -0.560. The van der Waals surface area contributed by atoms with Crippen LogP contribution in [0.3, 0.4) is 0 Å². The van der Waals surface area contributed by atoms with Crippen molar-refractivity contribution in [2.24, 2.45) is 4.99 Å². The van der Waals surface area contributed by atoms with Crippen molar-refractivity contribution in [2.45, 2.75) is 26.2 Å². The van der Waals surface area contributed by atoms with Crippen LogP contribution in [-0.4, -0.2) is 38.0 Å². The summed E-state index contributed by atoms with van der Waals surface area (Å²) >= 11 is 6.00. The van der Waals surface area contributed by atoms with E-state index in [1.165, 1.54) is 12.1 Å². The second kappa shape index (κ2) is 11.1. The van der Waals surface area contributed by atoms with Gasteiger partial charge in [0.1, 0.15) is 5.82 Å². The van der Waals surface area contributed by atoms with Gasteiger partial charge in [-0.05, 0) is 30.5 Å². The smallest absolute Gasteiger partial charge is 0.193 e. The number of unbranched alkanes of at least 4 members (excludes halogenated alkanes) is 1. The molecule has 0 saturated carbocycles. The zero-order valence-electron chi connectivity index (χ0n) is 12.8. The molecule has 3 nitrogen and oxygen atoms in total. The number of nitrogens with zero attached hydrogens (tertiary/aromatic N) is 2. The minimum atomic E-state index is -0.304. The van der Waals surface area contributed by atoms with E-state index in [9.17, 15) is 4.39 Å². The largest absolute Gasteiger partial charge is 0.356 e. The third kappa shape index (κ3) is 7.31. The molecule has 21 heavy (non-hydrogen) atoms. The molecule has 0 heterocycles. The maximum Gasteiger partial charge on any atom is 0.193 e. The highest BCUT2D eigenvalue weighted by molar-refractivity contribution is 14.0. The highest BCUT2D eigenvalue weighted by atomic mass is 127. The summed E-state index contributed by atoms with van der Waals surface area (Å²) in [5.74, 6) is 0.568. The summed E-state index contributed by atoms with van der Waals surface area (Å²) < 4.78 is 13.0. The molecule has 1 aromatic rings. The molecule has 0 aliphatic carbocycles. The molecule has 0 atom stereocenters. The summed E-state index contributed by atoms with van der Waals surface area (Å²) in [5, 5.41) is 3.77. The van der Waals surface area contributed by atoms with Crippen molar-refractivity contribution in [1.82, 2.24) is 10.2 Å². The summed E-state index contributed by atoms with van der Waals surface area (Å²) in [5.41, 5.74) is 0.937. The number of guanidine groups is 1. The Balaban J connectivity index is 0.00000400. The zero-order valence-corrected chi connectivity index (χ0v) is 15.9. The van der Waals surface area contributed by atoms with Crippen molar-refractivity contribution in [3.63, 3.8) is 0 Å². The van der Waals surface area contributed by atoms with Gasteiger partial charge in [-0.15, -0.1) is 24.0 Å². The standard InChI is InChI=1S/C15H23ClFN3.HI/c1-4-5-10-20(3)15(18-2)19-9-8-12-6-7-13(17)11-14(12)16;/h6-7,11H,4-5,8-10H2,1-3H3,(H,18,19);1H. The Morgan fingerprint density at radius 3 is 2.71 bits per heavy atom. The fraction of sp³-hybridized carbons (Fsp3) is 0.533. The number of halogens is 3. The summed E-state index contributed by atoms with van der Waals surface area (Å²) in [4.78, 5) is 6.35.